The first kappa shape index (κ1) is 15.7. The van der Waals surface area contributed by atoms with Crippen molar-refractivity contribution >= 4 is 10.9 Å². The van der Waals surface area contributed by atoms with Crippen molar-refractivity contribution in [1.29, 1.82) is 0 Å². The molecule has 114 valence electrons. The number of ether oxygens (including phenoxy) is 2. The fourth-order valence-corrected chi connectivity index (χ4v) is 2.45. The molecule has 0 bridgehead atoms. The summed E-state index contributed by atoms with van der Waals surface area (Å²) in [6.07, 6.45) is 1.69. The zero-order valence-electron chi connectivity index (χ0n) is 12.9. The van der Waals surface area contributed by atoms with E-state index in [4.69, 9.17) is 9.47 Å². The van der Waals surface area contributed by atoms with Crippen molar-refractivity contribution in [2.45, 2.75) is 38.9 Å². The van der Waals surface area contributed by atoms with Crippen molar-refractivity contribution in [2.24, 2.45) is 0 Å². The van der Waals surface area contributed by atoms with Crippen molar-refractivity contribution in [1.82, 2.24) is 4.98 Å². The van der Waals surface area contributed by atoms with Crippen LogP contribution in [-0.2, 0) is 4.74 Å². The first-order valence-electron chi connectivity index (χ1n) is 7.30. The van der Waals surface area contributed by atoms with Crippen LogP contribution in [0.5, 0.6) is 5.75 Å². The summed E-state index contributed by atoms with van der Waals surface area (Å²) in [6.45, 7) is 6.75. The summed E-state index contributed by atoms with van der Waals surface area (Å²) in [5.41, 5.74) is 0.463. The molecule has 1 atom stereocenters. The number of fused-ring (bicyclic) bond motifs is 1. The van der Waals surface area contributed by atoms with E-state index < -0.39 is 6.10 Å². The SMILES string of the molecule is CCOC(C)(C)CC(O)COc1cccc2cccnc12. The van der Waals surface area contributed by atoms with Gasteiger partial charge in [0.05, 0.1) is 11.7 Å². The smallest absolute Gasteiger partial charge is 0.145 e. The van der Waals surface area contributed by atoms with E-state index in [1.807, 2.05) is 51.1 Å². The number of hydrogen-bond donors (Lipinski definition) is 1. The van der Waals surface area contributed by atoms with Gasteiger partial charge in [0.1, 0.15) is 17.9 Å². The van der Waals surface area contributed by atoms with Crippen LogP contribution in [0.4, 0.5) is 0 Å². The van der Waals surface area contributed by atoms with Crippen molar-refractivity contribution in [2.75, 3.05) is 13.2 Å². The van der Waals surface area contributed by atoms with Crippen molar-refractivity contribution < 1.29 is 14.6 Å². The van der Waals surface area contributed by atoms with E-state index >= 15 is 0 Å². The Labute approximate surface area is 125 Å². The Kier molecular flexibility index (Phi) is 5.15. The van der Waals surface area contributed by atoms with E-state index in [2.05, 4.69) is 4.98 Å². The second-order valence-electron chi connectivity index (χ2n) is 5.69. The number of aromatic nitrogens is 1. The summed E-state index contributed by atoms with van der Waals surface area (Å²) in [4.78, 5) is 4.33. The zero-order valence-corrected chi connectivity index (χ0v) is 12.9. The van der Waals surface area contributed by atoms with Crippen molar-refractivity contribution in [3.05, 3.63) is 36.5 Å². The highest BCUT2D eigenvalue weighted by Gasteiger charge is 2.22. The maximum Gasteiger partial charge on any atom is 0.145 e. The molecule has 0 aliphatic carbocycles. The van der Waals surface area contributed by atoms with E-state index in [0.717, 1.165) is 10.9 Å². The van der Waals surface area contributed by atoms with E-state index in [-0.39, 0.29) is 12.2 Å². The third kappa shape index (κ3) is 4.41. The molecule has 1 aromatic heterocycles. The number of para-hydroxylation sites is 1. The quantitative estimate of drug-likeness (QED) is 0.850. The summed E-state index contributed by atoms with van der Waals surface area (Å²) in [5, 5.41) is 11.1. The molecule has 1 N–H and O–H groups in total. The van der Waals surface area contributed by atoms with Gasteiger partial charge in [0.15, 0.2) is 0 Å². The standard InChI is InChI=1S/C17H23NO3/c1-4-21-17(2,3)11-14(19)12-20-15-9-5-7-13-8-6-10-18-16(13)15/h5-10,14,19H,4,11-12H2,1-3H3. The average molecular weight is 289 g/mol. The molecule has 0 amide bonds. The van der Waals surface area contributed by atoms with Crippen molar-refractivity contribution in [3.8, 4) is 5.75 Å². The van der Waals surface area contributed by atoms with Crippen LogP contribution in [0.25, 0.3) is 10.9 Å². The predicted octanol–water partition coefficient (Wildman–Crippen LogP) is 3.18. The van der Waals surface area contributed by atoms with Gasteiger partial charge in [-0.2, -0.15) is 0 Å². The molecule has 2 aromatic rings. The molecule has 4 heteroatoms. The van der Waals surface area contributed by atoms with Gasteiger partial charge in [0.25, 0.3) is 0 Å². The third-order valence-electron chi connectivity index (χ3n) is 3.29. The molecule has 0 aliphatic heterocycles. The van der Waals surface area contributed by atoms with Crippen LogP contribution in [0, 0.1) is 0 Å². The second kappa shape index (κ2) is 6.87. The summed E-state index contributed by atoms with van der Waals surface area (Å²) in [7, 11) is 0. The summed E-state index contributed by atoms with van der Waals surface area (Å²) < 4.78 is 11.3. The fourth-order valence-electron chi connectivity index (χ4n) is 2.45. The maximum atomic E-state index is 10.1. The summed E-state index contributed by atoms with van der Waals surface area (Å²) in [5.74, 6) is 0.696. The largest absolute Gasteiger partial charge is 0.489 e. The molecule has 21 heavy (non-hydrogen) atoms. The van der Waals surface area contributed by atoms with Crippen LogP contribution in [0.3, 0.4) is 0 Å². The molecule has 0 aliphatic rings. The van der Waals surface area contributed by atoms with Gasteiger partial charge in [-0.05, 0) is 32.9 Å². The van der Waals surface area contributed by atoms with E-state index in [1.165, 1.54) is 0 Å². The number of pyridine rings is 1. The van der Waals surface area contributed by atoms with E-state index in [9.17, 15) is 5.11 Å². The average Bonchev–Trinajstić information content (AvgIpc) is 2.44. The van der Waals surface area contributed by atoms with Gasteiger partial charge in [0, 0.05) is 24.6 Å². The molecule has 0 radical (unpaired) electrons. The molecule has 0 saturated carbocycles. The molecule has 4 nitrogen and oxygen atoms in total. The van der Waals surface area contributed by atoms with Crippen LogP contribution in [0.1, 0.15) is 27.2 Å². The van der Waals surface area contributed by atoms with Crippen LogP contribution in [-0.4, -0.2) is 35.0 Å². The lowest BCUT2D eigenvalue weighted by Gasteiger charge is -2.27. The highest BCUT2D eigenvalue weighted by Crippen LogP contribution is 2.24. The van der Waals surface area contributed by atoms with Crippen LogP contribution in [0.2, 0.25) is 0 Å². The number of hydrogen-bond acceptors (Lipinski definition) is 4. The highest BCUT2D eigenvalue weighted by atomic mass is 16.5. The van der Waals surface area contributed by atoms with Crippen molar-refractivity contribution in [3.63, 3.8) is 0 Å². The van der Waals surface area contributed by atoms with Gasteiger partial charge in [-0.15, -0.1) is 0 Å². The summed E-state index contributed by atoms with van der Waals surface area (Å²) >= 11 is 0. The van der Waals surface area contributed by atoms with Gasteiger partial charge < -0.3 is 14.6 Å². The fraction of sp³-hybridized carbons (Fsp3) is 0.471. The Balaban J connectivity index is 1.98. The van der Waals surface area contributed by atoms with Gasteiger partial charge in [-0.1, -0.05) is 18.2 Å². The minimum absolute atomic E-state index is 0.228. The molecule has 1 heterocycles. The Morgan fingerprint density at radius 2 is 2.00 bits per heavy atom. The lowest BCUT2D eigenvalue weighted by atomic mass is 10.0. The molecule has 0 spiro atoms. The molecule has 2 rings (SSSR count). The number of aliphatic hydroxyl groups excluding tert-OH is 1. The number of rotatable bonds is 7. The number of benzene rings is 1. The molecule has 1 aromatic carbocycles. The Morgan fingerprint density at radius 3 is 2.76 bits per heavy atom. The van der Waals surface area contributed by atoms with E-state index in [1.54, 1.807) is 6.20 Å². The highest BCUT2D eigenvalue weighted by molar-refractivity contribution is 5.84. The first-order chi connectivity index (χ1) is 10.0. The van der Waals surface area contributed by atoms with Gasteiger partial charge >= 0.3 is 0 Å². The molecular weight excluding hydrogens is 266 g/mol. The van der Waals surface area contributed by atoms with Gasteiger partial charge in [-0.25, -0.2) is 0 Å². The molecule has 0 fully saturated rings. The number of aliphatic hydroxyl groups is 1. The lowest BCUT2D eigenvalue weighted by Crippen LogP contribution is -2.32. The number of nitrogens with zero attached hydrogens (tertiary/aromatic N) is 1. The summed E-state index contributed by atoms with van der Waals surface area (Å²) in [6, 6.07) is 9.67. The Hall–Kier alpha value is -1.65. The minimum atomic E-state index is -0.578. The predicted molar refractivity (Wildman–Crippen MR) is 83.6 cm³/mol. The lowest BCUT2D eigenvalue weighted by molar-refractivity contribution is -0.0507. The van der Waals surface area contributed by atoms with Crippen LogP contribution >= 0.6 is 0 Å². The molecule has 0 saturated heterocycles. The topological polar surface area (TPSA) is 51.6 Å². The maximum absolute atomic E-state index is 10.1. The van der Waals surface area contributed by atoms with Gasteiger partial charge in [-0.3, -0.25) is 4.98 Å². The minimum Gasteiger partial charge on any atom is -0.489 e. The monoisotopic (exact) mass is 289 g/mol. The molecular formula is C17H23NO3. The zero-order chi connectivity index (χ0) is 15.3. The molecule has 1 unspecified atom stereocenters. The van der Waals surface area contributed by atoms with Crippen LogP contribution in [0.15, 0.2) is 36.5 Å². The van der Waals surface area contributed by atoms with Crippen LogP contribution < -0.4 is 4.74 Å². The first-order valence-corrected chi connectivity index (χ1v) is 7.30. The van der Waals surface area contributed by atoms with Gasteiger partial charge in [0.2, 0.25) is 0 Å². The Morgan fingerprint density at radius 1 is 1.24 bits per heavy atom. The third-order valence-corrected chi connectivity index (χ3v) is 3.29. The van der Waals surface area contributed by atoms with E-state index in [0.29, 0.717) is 18.8 Å². The Bertz CT molecular complexity index is 578. The normalized spacial score (nSPS) is 13.3. The second-order valence-corrected chi connectivity index (χ2v) is 5.69.